The van der Waals surface area contributed by atoms with E-state index in [0.717, 1.165) is 23.1 Å². The van der Waals surface area contributed by atoms with Crippen LogP contribution in [-0.4, -0.2) is 10.5 Å². The minimum Gasteiger partial charge on any atom is -0.423 e. The zero-order chi connectivity index (χ0) is 14.8. The summed E-state index contributed by atoms with van der Waals surface area (Å²) in [5.41, 5.74) is 2.66. The van der Waals surface area contributed by atoms with Gasteiger partial charge in [0.1, 0.15) is 5.75 Å². The van der Waals surface area contributed by atoms with Crippen LogP contribution in [0.5, 0.6) is 5.75 Å². The fourth-order valence-corrected chi connectivity index (χ4v) is 2.74. The average Bonchev–Trinajstić information content (AvgIpc) is 2.79. The zero-order valence-corrected chi connectivity index (χ0v) is 12.2. The lowest BCUT2D eigenvalue weighted by atomic mass is 10.1. The highest BCUT2D eigenvalue weighted by molar-refractivity contribution is 6.06. The molecule has 3 heteroatoms. The SMILES string of the molecule is CCn1c(C)c(C(=O)Oc2ccccc2)c2ccccc21. The number of ether oxygens (including phenoxy) is 1. The molecular weight excluding hydrogens is 262 g/mol. The van der Waals surface area contributed by atoms with Crippen molar-refractivity contribution in [2.75, 3.05) is 0 Å². The number of para-hydroxylation sites is 2. The summed E-state index contributed by atoms with van der Waals surface area (Å²) in [5.74, 6) is 0.261. The molecule has 0 amide bonds. The first kappa shape index (κ1) is 13.4. The molecule has 1 heterocycles. The third-order valence-corrected chi connectivity index (χ3v) is 3.70. The molecule has 3 nitrogen and oxygen atoms in total. The molecule has 0 aliphatic rings. The van der Waals surface area contributed by atoms with Crippen molar-refractivity contribution in [3.63, 3.8) is 0 Å². The number of carbonyl (C=O) groups excluding carboxylic acids is 1. The summed E-state index contributed by atoms with van der Waals surface area (Å²) in [5, 5.41) is 0.942. The quantitative estimate of drug-likeness (QED) is 0.532. The molecule has 0 aliphatic heterocycles. The second-order valence-electron chi connectivity index (χ2n) is 4.92. The van der Waals surface area contributed by atoms with E-state index < -0.39 is 0 Å². The molecule has 106 valence electrons. The Balaban J connectivity index is 2.08. The van der Waals surface area contributed by atoms with Crippen LogP contribution in [0.3, 0.4) is 0 Å². The highest BCUT2D eigenvalue weighted by Gasteiger charge is 2.20. The summed E-state index contributed by atoms with van der Waals surface area (Å²) in [6.07, 6.45) is 0. The van der Waals surface area contributed by atoms with Crippen molar-refractivity contribution in [2.45, 2.75) is 20.4 Å². The molecule has 3 aromatic rings. The second-order valence-corrected chi connectivity index (χ2v) is 4.92. The topological polar surface area (TPSA) is 31.2 Å². The fourth-order valence-electron chi connectivity index (χ4n) is 2.74. The van der Waals surface area contributed by atoms with Gasteiger partial charge >= 0.3 is 5.97 Å². The van der Waals surface area contributed by atoms with Crippen LogP contribution in [0, 0.1) is 6.92 Å². The summed E-state index contributed by atoms with van der Waals surface area (Å²) < 4.78 is 7.63. The number of aromatic nitrogens is 1. The lowest BCUT2D eigenvalue weighted by Gasteiger charge is -2.05. The van der Waals surface area contributed by atoms with Crippen LogP contribution in [0.2, 0.25) is 0 Å². The summed E-state index contributed by atoms with van der Waals surface area (Å²) >= 11 is 0. The number of benzene rings is 2. The van der Waals surface area contributed by atoms with Crippen LogP contribution >= 0.6 is 0 Å². The molecule has 0 unspecified atom stereocenters. The Morgan fingerprint density at radius 3 is 2.43 bits per heavy atom. The molecule has 21 heavy (non-hydrogen) atoms. The van der Waals surface area contributed by atoms with Gasteiger partial charge < -0.3 is 9.30 Å². The van der Waals surface area contributed by atoms with Gasteiger partial charge in [-0.1, -0.05) is 36.4 Å². The Bertz CT molecular complexity index is 788. The Kier molecular flexibility index (Phi) is 3.48. The van der Waals surface area contributed by atoms with Crippen LogP contribution in [0.15, 0.2) is 54.6 Å². The Hall–Kier alpha value is -2.55. The smallest absolute Gasteiger partial charge is 0.346 e. The molecular formula is C18H17NO2. The Morgan fingerprint density at radius 1 is 1.05 bits per heavy atom. The summed E-state index contributed by atoms with van der Waals surface area (Å²) in [4.78, 5) is 12.5. The molecule has 0 aliphatic carbocycles. The number of aryl methyl sites for hydroxylation is 1. The lowest BCUT2D eigenvalue weighted by molar-refractivity contribution is 0.0736. The van der Waals surface area contributed by atoms with Gasteiger partial charge in [-0.15, -0.1) is 0 Å². The van der Waals surface area contributed by atoms with Crippen LogP contribution in [0.4, 0.5) is 0 Å². The van der Waals surface area contributed by atoms with E-state index in [0.29, 0.717) is 11.3 Å². The van der Waals surface area contributed by atoms with E-state index in [-0.39, 0.29) is 5.97 Å². The van der Waals surface area contributed by atoms with Crippen molar-refractivity contribution in [1.82, 2.24) is 4.57 Å². The Labute approximate surface area is 123 Å². The highest BCUT2D eigenvalue weighted by atomic mass is 16.5. The van der Waals surface area contributed by atoms with E-state index in [9.17, 15) is 4.79 Å². The van der Waals surface area contributed by atoms with Crippen molar-refractivity contribution in [3.05, 3.63) is 65.9 Å². The highest BCUT2D eigenvalue weighted by Crippen LogP contribution is 2.27. The van der Waals surface area contributed by atoms with Gasteiger partial charge in [0.2, 0.25) is 0 Å². The number of rotatable bonds is 3. The van der Waals surface area contributed by atoms with Crippen molar-refractivity contribution in [3.8, 4) is 5.75 Å². The van der Waals surface area contributed by atoms with Crippen LogP contribution in [0.25, 0.3) is 10.9 Å². The number of fused-ring (bicyclic) bond motifs is 1. The van der Waals surface area contributed by atoms with E-state index in [1.54, 1.807) is 12.1 Å². The zero-order valence-electron chi connectivity index (χ0n) is 12.2. The maximum Gasteiger partial charge on any atom is 0.346 e. The molecule has 0 bridgehead atoms. The van der Waals surface area contributed by atoms with Crippen molar-refractivity contribution in [1.29, 1.82) is 0 Å². The Morgan fingerprint density at radius 2 is 1.71 bits per heavy atom. The maximum absolute atomic E-state index is 12.5. The van der Waals surface area contributed by atoms with Gasteiger partial charge in [0, 0.05) is 23.1 Å². The molecule has 0 spiro atoms. The van der Waals surface area contributed by atoms with Crippen LogP contribution < -0.4 is 4.74 Å². The fraction of sp³-hybridized carbons (Fsp3) is 0.167. The predicted molar refractivity (Wildman–Crippen MR) is 83.7 cm³/mol. The summed E-state index contributed by atoms with van der Waals surface area (Å²) in [6, 6.07) is 17.1. The van der Waals surface area contributed by atoms with Gasteiger partial charge in [0.25, 0.3) is 0 Å². The number of hydrogen-bond donors (Lipinski definition) is 0. The first-order valence-electron chi connectivity index (χ1n) is 7.07. The van der Waals surface area contributed by atoms with Gasteiger partial charge in [-0.3, -0.25) is 0 Å². The first-order valence-corrected chi connectivity index (χ1v) is 7.07. The molecule has 0 saturated heterocycles. The number of hydrogen-bond acceptors (Lipinski definition) is 2. The molecule has 0 fully saturated rings. The van der Waals surface area contributed by atoms with Crippen LogP contribution in [0.1, 0.15) is 23.0 Å². The standard InChI is InChI=1S/C18H17NO2/c1-3-19-13(2)17(15-11-7-8-12-16(15)19)18(20)21-14-9-5-4-6-10-14/h4-12H,3H2,1-2H3. The van der Waals surface area contributed by atoms with Gasteiger partial charge in [-0.2, -0.15) is 0 Å². The van der Waals surface area contributed by atoms with E-state index in [1.807, 2.05) is 49.4 Å². The molecule has 0 radical (unpaired) electrons. The molecule has 2 aromatic carbocycles. The minimum absolute atomic E-state index is 0.304. The maximum atomic E-state index is 12.5. The number of nitrogens with zero attached hydrogens (tertiary/aromatic N) is 1. The predicted octanol–water partition coefficient (Wildman–Crippen LogP) is 4.19. The normalized spacial score (nSPS) is 10.8. The summed E-state index contributed by atoms with van der Waals surface area (Å²) in [6.45, 7) is 4.86. The van der Waals surface area contributed by atoms with Crippen molar-refractivity contribution >= 4 is 16.9 Å². The van der Waals surface area contributed by atoms with Crippen molar-refractivity contribution < 1.29 is 9.53 Å². The van der Waals surface area contributed by atoms with Gasteiger partial charge in [-0.05, 0) is 32.0 Å². The van der Waals surface area contributed by atoms with E-state index >= 15 is 0 Å². The third-order valence-electron chi connectivity index (χ3n) is 3.70. The minimum atomic E-state index is -0.304. The third kappa shape index (κ3) is 2.31. The first-order chi connectivity index (χ1) is 10.2. The van der Waals surface area contributed by atoms with E-state index in [4.69, 9.17) is 4.74 Å². The number of carbonyl (C=O) groups is 1. The second kappa shape index (κ2) is 5.44. The lowest BCUT2D eigenvalue weighted by Crippen LogP contribution is -2.10. The van der Waals surface area contributed by atoms with Crippen molar-refractivity contribution in [2.24, 2.45) is 0 Å². The van der Waals surface area contributed by atoms with E-state index in [2.05, 4.69) is 11.5 Å². The average molecular weight is 279 g/mol. The monoisotopic (exact) mass is 279 g/mol. The number of esters is 1. The van der Waals surface area contributed by atoms with Crippen LogP contribution in [-0.2, 0) is 6.54 Å². The van der Waals surface area contributed by atoms with Gasteiger partial charge in [0.05, 0.1) is 5.56 Å². The molecule has 0 saturated carbocycles. The molecule has 0 N–H and O–H groups in total. The largest absolute Gasteiger partial charge is 0.423 e. The van der Waals surface area contributed by atoms with E-state index in [1.165, 1.54) is 0 Å². The van der Waals surface area contributed by atoms with Gasteiger partial charge in [0.15, 0.2) is 0 Å². The summed E-state index contributed by atoms with van der Waals surface area (Å²) in [7, 11) is 0. The molecule has 0 atom stereocenters. The molecule has 1 aromatic heterocycles. The van der Waals surface area contributed by atoms with Gasteiger partial charge in [-0.25, -0.2) is 4.79 Å². The molecule has 3 rings (SSSR count).